The first-order valence-electron chi connectivity index (χ1n) is 6.33. The van der Waals surface area contributed by atoms with E-state index < -0.39 is 0 Å². The number of benzene rings is 1. The molecule has 0 aliphatic heterocycles. The zero-order valence-electron chi connectivity index (χ0n) is 11.9. The van der Waals surface area contributed by atoms with Gasteiger partial charge in [0.05, 0.1) is 13.0 Å². The van der Waals surface area contributed by atoms with E-state index in [-0.39, 0.29) is 17.7 Å². The van der Waals surface area contributed by atoms with Crippen molar-refractivity contribution in [3.8, 4) is 0 Å². The molecule has 0 heterocycles. The number of nitrogens with zero attached hydrogens (tertiary/aromatic N) is 1. The number of methoxy groups -OCH3 is 1. The van der Waals surface area contributed by atoms with Crippen molar-refractivity contribution in [3.63, 3.8) is 0 Å². The van der Waals surface area contributed by atoms with Crippen molar-refractivity contribution in [2.24, 2.45) is 10.9 Å². The predicted molar refractivity (Wildman–Crippen MR) is 75.8 cm³/mol. The number of aliphatic imine (C=N–C) groups is 1. The van der Waals surface area contributed by atoms with E-state index in [1.807, 2.05) is 6.07 Å². The third-order valence-electron chi connectivity index (χ3n) is 2.75. The maximum atomic E-state index is 13.0. The van der Waals surface area contributed by atoms with Gasteiger partial charge in [-0.05, 0) is 17.7 Å². The summed E-state index contributed by atoms with van der Waals surface area (Å²) in [5.41, 5.74) is 0.814. The zero-order chi connectivity index (χ0) is 15.0. The van der Waals surface area contributed by atoms with Gasteiger partial charge in [-0.3, -0.25) is 9.79 Å². The minimum Gasteiger partial charge on any atom is -0.469 e. The Bertz CT molecular complexity index is 477. The Kier molecular flexibility index (Phi) is 6.49. The number of esters is 1. The van der Waals surface area contributed by atoms with Crippen molar-refractivity contribution < 1.29 is 13.9 Å². The highest BCUT2D eigenvalue weighted by atomic mass is 19.1. The molecule has 110 valence electrons. The normalized spacial score (nSPS) is 12.7. The molecule has 1 rings (SSSR count). The number of hydrogen-bond donors (Lipinski definition) is 2. The molecule has 1 atom stereocenters. The van der Waals surface area contributed by atoms with E-state index in [4.69, 9.17) is 0 Å². The van der Waals surface area contributed by atoms with Crippen LogP contribution in [0, 0.1) is 11.7 Å². The number of carbonyl (C=O) groups excluding carboxylic acids is 1. The molecule has 0 spiro atoms. The number of nitrogens with one attached hydrogen (secondary N) is 2. The maximum Gasteiger partial charge on any atom is 0.310 e. The molecule has 1 aromatic rings. The van der Waals surface area contributed by atoms with Crippen molar-refractivity contribution in [1.82, 2.24) is 10.6 Å². The first-order chi connectivity index (χ1) is 9.56. The van der Waals surface area contributed by atoms with Crippen molar-refractivity contribution in [2.45, 2.75) is 13.5 Å². The van der Waals surface area contributed by atoms with Gasteiger partial charge in [-0.15, -0.1) is 0 Å². The summed E-state index contributed by atoms with van der Waals surface area (Å²) < 4.78 is 17.7. The Hall–Kier alpha value is -2.11. The van der Waals surface area contributed by atoms with Gasteiger partial charge in [0.1, 0.15) is 5.82 Å². The molecule has 20 heavy (non-hydrogen) atoms. The Balaban J connectivity index is 2.43. The third kappa shape index (κ3) is 5.26. The van der Waals surface area contributed by atoms with E-state index in [1.54, 1.807) is 20.0 Å². The van der Waals surface area contributed by atoms with Crippen LogP contribution < -0.4 is 10.6 Å². The molecule has 0 aliphatic carbocycles. The highest BCUT2D eigenvalue weighted by molar-refractivity contribution is 5.80. The first kappa shape index (κ1) is 15.9. The number of ether oxygens (including phenoxy) is 1. The van der Waals surface area contributed by atoms with E-state index in [0.717, 1.165) is 5.56 Å². The molecule has 1 unspecified atom stereocenters. The summed E-state index contributed by atoms with van der Waals surface area (Å²) in [5.74, 6) is -0.276. The van der Waals surface area contributed by atoms with Gasteiger partial charge in [0, 0.05) is 20.1 Å². The summed E-state index contributed by atoms with van der Waals surface area (Å²) in [7, 11) is 2.99. The number of hydrogen-bond acceptors (Lipinski definition) is 3. The van der Waals surface area contributed by atoms with Crippen LogP contribution in [0.3, 0.4) is 0 Å². The molecule has 0 aromatic heterocycles. The molecule has 1 aromatic carbocycles. The van der Waals surface area contributed by atoms with Gasteiger partial charge in [-0.1, -0.05) is 19.1 Å². The number of rotatable bonds is 5. The molecule has 0 fully saturated rings. The lowest BCUT2D eigenvalue weighted by atomic mass is 10.2. The van der Waals surface area contributed by atoms with Crippen LogP contribution in [0.15, 0.2) is 29.3 Å². The Morgan fingerprint density at radius 2 is 2.20 bits per heavy atom. The van der Waals surface area contributed by atoms with E-state index >= 15 is 0 Å². The number of carbonyl (C=O) groups is 1. The van der Waals surface area contributed by atoms with Gasteiger partial charge in [-0.25, -0.2) is 4.39 Å². The van der Waals surface area contributed by atoms with Gasteiger partial charge in [-0.2, -0.15) is 0 Å². The fourth-order valence-corrected chi connectivity index (χ4v) is 1.59. The van der Waals surface area contributed by atoms with Gasteiger partial charge in [0.15, 0.2) is 5.96 Å². The summed E-state index contributed by atoms with van der Waals surface area (Å²) in [6.45, 7) is 2.62. The summed E-state index contributed by atoms with van der Waals surface area (Å²) in [4.78, 5) is 15.3. The number of halogens is 1. The second-order valence-corrected chi connectivity index (χ2v) is 4.36. The zero-order valence-corrected chi connectivity index (χ0v) is 11.9. The minimum atomic E-state index is -0.280. The molecule has 0 amide bonds. The van der Waals surface area contributed by atoms with Gasteiger partial charge < -0.3 is 15.4 Å². The molecule has 0 bridgehead atoms. The van der Waals surface area contributed by atoms with Crippen LogP contribution in [0.4, 0.5) is 4.39 Å². The Labute approximate surface area is 118 Å². The third-order valence-corrected chi connectivity index (χ3v) is 2.75. The molecule has 0 radical (unpaired) electrons. The lowest BCUT2D eigenvalue weighted by Gasteiger charge is -2.14. The molecule has 0 saturated carbocycles. The number of guanidine groups is 1. The fourth-order valence-electron chi connectivity index (χ4n) is 1.59. The second-order valence-electron chi connectivity index (χ2n) is 4.36. The van der Waals surface area contributed by atoms with E-state index in [0.29, 0.717) is 19.0 Å². The monoisotopic (exact) mass is 281 g/mol. The topological polar surface area (TPSA) is 62.7 Å². The van der Waals surface area contributed by atoms with Crippen molar-refractivity contribution >= 4 is 11.9 Å². The van der Waals surface area contributed by atoms with Crippen LogP contribution in [0.5, 0.6) is 0 Å². The predicted octanol–water partition coefficient (Wildman–Crippen LogP) is 1.30. The van der Waals surface area contributed by atoms with Crippen molar-refractivity contribution in [1.29, 1.82) is 0 Å². The lowest BCUT2D eigenvalue weighted by molar-refractivity contribution is -0.144. The summed E-state index contributed by atoms with van der Waals surface area (Å²) >= 11 is 0. The molecule has 6 heteroatoms. The largest absolute Gasteiger partial charge is 0.469 e. The smallest absolute Gasteiger partial charge is 0.310 e. The van der Waals surface area contributed by atoms with Gasteiger partial charge in [0.25, 0.3) is 0 Å². The average Bonchev–Trinajstić information content (AvgIpc) is 2.46. The molecular weight excluding hydrogens is 261 g/mol. The highest BCUT2D eigenvalue weighted by Gasteiger charge is 2.13. The summed E-state index contributed by atoms with van der Waals surface area (Å²) in [6, 6.07) is 6.33. The first-order valence-corrected chi connectivity index (χ1v) is 6.33. The van der Waals surface area contributed by atoms with Crippen molar-refractivity contribution in [3.05, 3.63) is 35.6 Å². The van der Waals surface area contributed by atoms with Crippen molar-refractivity contribution in [2.75, 3.05) is 20.7 Å². The average molecular weight is 281 g/mol. The Morgan fingerprint density at radius 3 is 2.80 bits per heavy atom. The van der Waals surface area contributed by atoms with Crippen LogP contribution in [0.1, 0.15) is 12.5 Å². The van der Waals surface area contributed by atoms with Gasteiger partial charge in [0.2, 0.25) is 0 Å². The van der Waals surface area contributed by atoms with Crippen LogP contribution in [-0.2, 0) is 16.1 Å². The van der Waals surface area contributed by atoms with E-state index in [1.165, 1.54) is 19.2 Å². The van der Waals surface area contributed by atoms with Gasteiger partial charge >= 0.3 is 5.97 Å². The molecule has 0 saturated heterocycles. The Morgan fingerprint density at radius 1 is 1.45 bits per heavy atom. The highest BCUT2D eigenvalue weighted by Crippen LogP contribution is 2.02. The van der Waals surface area contributed by atoms with E-state index in [2.05, 4.69) is 20.4 Å². The molecular formula is C14H20FN3O2. The minimum absolute atomic E-state index is 0.271. The standard InChI is InChI=1S/C14H20FN3O2/c1-10(13(19)20-3)8-17-14(16-2)18-9-11-5-4-6-12(15)7-11/h4-7,10H,8-9H2,1-3H3,(H2,16,17,18). The SMILES string of the molecule is CN=C(NCc1cccc(F)c1)NCC(C)C(=O)OC. The summed E-state index contributed by atoms with van der Waals surface area (Å²) in [5, 5.41) is 6.06. The fraction of sp³-hybridized carbons (Fsp3) is 0.429. The van der Waals surface area contributed by atoms with Crippen LogP contribution >= 0.6 is 0 Å². The maximum absolute atomic E-state index is 13.0. The molecule has 5 nitrogen and oxygen atoms in total. The summed E-state index contributed by atoms with van der Waals surface area (Å²) in [6.07, 6.45) is 0. The van der Waals surface area contributed by atoms with Crippen LogP contribution in [0.2, 0.25) is 0 Å². The molecule has 2 N–H and O–H groups in total. The lowest BCUT2D eigenvalue weighted by Crippen LogP contribution is -2.40. The quantitative estimate of drug-likeness (QED) is 0.485. The second kappa shape index (κ2) is 8.14. The van der Waals surface area contributed by atoms with E-state index in [9.17, 15) is 9.18 Å². The molecule has 0 aliphatic rings. The van der Waals surface area contributed by atoms with Crippen LogP contribution in [0.25, 0.3) is 0 Å². The van der Waals surface area contributed by atoms with Crippen LogP contribution in [-0.4, -0.2) is 32.6 Å².